The number of carboxylic acid groups (broad SMARTS) is 1. The van der Waals surface area contributed by atoms with Crippen molar-refractivity contribution in [1.82, 2.24) is 19.8 Å². The number of hydrogen-bond acceptors (Lipinski definition) is 6. The Kier molecular flexibility index (Phi) is 3.98. The summed E-state index contributed by atoms with van der Waals surface area (Å²) in [6, 6.07) is -0.679. The molecule has 2 amide bonds. The zero-order valence-electron chi connectivity index (χ0n) is 13.4. The molecular weight excluding hydrogens is 352 g/mol. The summed E-state index contributed by atoms with van der Waals surface area (Å²) in [6.07, 6.45) is 1.18. The molecular formula is C14H16N4O6S. The Morgan fingerprint density at radius 1 is 1.36 bits per heavy atom. The van der Waals surface area contributed by atoms with Gasteiger partial charge < -0.3 is 15.3 Å². The summed E-state index contributed by atoms with van der Waals surface area (Å²) < 4.78 is 0.324. The molecule has 3 N–H and O–H groups in total. The van der Waals surface area contributed by atoms with Gasteiger partial charge >= 0.3 is 11.7 Å². The Hall–Kier alpha value is -2.56. The fourth-order valence-electron chi connectivity index (χ4n) is 3.09. The largest absolute Gasteiger partial charge is 0.480 e. The SMILES string of the molecule is CC1(C)S[C@H]2C(NC(=O)Cn3ccc(=O)[nH]c3=O)C(=O)N2C1C(=O)O. The van der Waals surface area contributed by atoms with Crippen LogP contribution in [0, 0.1) is 0 Å². The molecule has 1 aromatic rings. The number of nitrogens with zero attached hydrogens (tertiary/aromatic N) is 2. The van der Waals surface area contributed by atoms with Crippen LogP contribution >= 0.6 is 11.8 Å². The topological polar surface area (TPSA) is 142 Å². The number of hydrogen-bond donors (Lipinski definition) is 3. The van der Waals surface area contributed by atoms with Gasteiger partial charge in [0.15, 0.2) is 0 Å². The summed E-state index contributed by atoms with van der Waals surface area (Å²) in [7, 11) is 0. The number of thioether (sulfide) groups is 1. The van der Waals surface area contributed by atoms with Crippen molar-refractivity contribution in [3.05, 3.63) is 33.1 Å². The average Bonchev–Trinajstić information content (AvgIpc) is 2.76. The first-order chi connectivity index (χ1) is 11.6. The Morgan fingerprint density at radius 3 is 2.64 bits per heavy atom. The third kappa shape index (κ3) is 2.84. The van der Waals surface area contributed by atoms with Crippen LogP contribution in [0.25, 0.3) is 0 Å². The number of nitrogens with one attached hydrogen (secondary N) is 2. The number of aliphatic carboxylic acids is 1. The summed E-state index contributed by atoms with van der Waals surface area (Å²) in [5, 5.41) is 11.4. The van der Waals surface area contributed by atoms with E-state index in [2.05, 4.69) is 5.32 Å². The highest BCUT2D eigenvalue weighted by Gasteiger charge is 2.64. The summed E-state index contributed by atoms with van der Waals surface area (Å²) in [5.41, 5.74) is -1.30. The monoisotopic (exact) mass is 368 g/mol. The summed E-state index contributed by atoms with van der Waals surface area (Å²) in [6.45, 7) is 3.12. The van der Waals surface area contributed by atoms with E-state index in [0.717, 1.165) is 10.6 Å². The molecule has 0 radical (unpaired) electrons. The fraction of sp³-hybridized carbons (Fsp3) is 0.500. The highest BCUT2D eigenvalue weighted by atomic mass is 32.2. The molecule has 10 nitrogen and oxygen atoms in total. The van der Waals surface area contributed by atoms with Gasteiger partial charge in [-0.1, -0.05) is 0 Å². The molecule has 2 saturated heterocycles. The first-order valence-corrected chi connectivity index (χ1v) is 8.32. The number of rotatable bonds is 4. The molecule has 3 atom stereocenters. The molecule has 2 unspecified atom stereocenters. The quantitative estimate of drug-likeness (QED) is 0.531. The lowest BCUT2D eigenvalue weighted by atomic mass is 9.96. The van der Waals surface area contributed by atoms with Crippen molar-refractivity contribution >= 4 is 29.5 Å². The number of aromatic amines is 1. The van der Waals surface area contributed by atoms with E-state index in [4.69, 9.17) is 0 Å². The second kappa shape index (κ2) is 5.76. The molecule has 134 valence electrons. The minimum Gasteiger partial charge on any atom is -0.480 e. The molecule has 0 saturated carbocycles. The van der Waals surface area contributed by atoms with Crippen LogP contribution in [0.5, 0.6) is 0 Å². The second-order valence-electron chi connectivity index (χ2n) is 6.38. The third-order valence-electron chi connectivity index (χ3n) is 4.20. The minimum atomic E-state index is -1.09. The van der Waals surface area contributed by atoms with Gasteiger partial charge in [-0.2, -0.15) is 0 Å². The number of β-lactam (4-membered cyclic amide) rings is 1. The van der Waals surface area contributed by atoms with Gasteiger partial charge in [0.1, 0.15) is 24.0 Å². The molecule has 0 bridgehead atoms. The van der Waals surface area contributed by atoms with Gasteiger partial charge in [0.05, 0.1) is 0 Å². The van der Waals surface area contributed by atoms with Crippen molar-refractivity contribution in [3.63, 3.8) is 0 Å². The average molecular weight is 368 g/mol. The molecule has 0 aromatic carbocycles. The zero-order chi connectivity index (χ0) is 18.5. The Bertz CT molecular complexity index is 875. The smallest absolute Gasteiger partial charge is 0.328 e. The van der Waals surface area contributed by atoms with Crippen molar-refractivity contribution < 1.29 is 19.5 Å². The molecule has 2 aliphatic heterocycles. The fourth-order valence-corrected chi connectivity index (χ4v) is 4.71. The number of aromatic nitrogens is 2. The predicted octanol–water partition coefficient (Wildman–Crippen LogP) is -1.83. The molecule has 2 aliphatic rings. The van der Waals surface area contributed by atoms with E-state index < -0.39 is 51.2 Å². The number of carboxylic acids is 1. The van der Waals surface area contributed by atoms with Gasteiger partial charge in [-0.05, 0) is 13.8 Å². The van der Waals surface area contributed by atoms with Crippen LogP contribution in [0.2, 0.25) is 0 Å². The van der Waals surface area contributed by atoms with Crippen LogP contribution in [-0.2, 0) is 20.9 Å². The van der Waals surface area contributed by atoms with Gasteiger partial charge in [0.25, 0.3) is 5.56 Å². The van der Waals surface area contributed by atoms with Crippen LogP contribution in [0.15, 0.2) is 21.9 Å². The maximum Gasteiger partial charge on any atom is 0.328 e. The van der Waals surface area contributed by atoms with Crippen LogP contribution in [-0.4, -0.2) is 59.5 Å². The lowest BCUT2D eigenvalue weighted by Crippen LogP contribution is -2.70. The lowest BCUT2D eigenvalue weighted by molar-refractivity contribution is -0.161. The number of carbonyl (C=O) groups excluding carboxylic acids is 2. The first kappa shape index (κ1) is 17.3. The standard InChI is InChI=1S/C14H16N4O6S/c1-14(2)9(12(22)23)18-10(21)8(11(18)25-14)15-7(20)5-17-4-3-6(19)16-13(17)24/h3-4,8-9,11H,5H2,1-2H3,(H,15,20)(H,22,23)(H,16,19,24)/t8?,9?,11-/m0/s1. The highest BCUT2D eigenvalue weighted by molar-refractivity contribution is 8.01. The lowest BCUT2D eigenvalue weighted by Gasteiger charge is -2.43. The molecule has 0 aliphatic carbocycles. The molecule has 2 fully saturated rings. The van der Waals surface area contributed by atoms with E-state index in [1.165, 1.54) is 22.9 Å². The van der Waals surface area contributed by atoms with Crippen LogP contribution in [0.1, 0.15) is 13.8 Å². The maximum atomic E-state index is 12.3. The Balaban J connectivity index is 1.70. The van der Waals surface area contributed by atoms with E-state index in [1.807, 2.05) is 4.98 Å². The molecule has 0 spiro atoms. The van der Waals surface area contributed by atoms with E-state index in [1.54, 1.807) is 13.8 Å². The molecule has 3 rings (SSSR count). The Labute approximate surface area is 145 Å². The third-order valence-corrected chi connectivity index (χ3v) is 5.77. The number of carbonyl (C=O) groups is 3. The van der Waals surface area contributed by atoms with Gasteiger partial charge in [0, 0.05) is 17.0 Å². The minimum absolute atomic E-state index is 0.359. The van der Waals surface area contributed by atoms with E-state index in [9.17, 15) is 29.1 Å². The van der Waals surface area contributed by atoms with Crippen molar-refractivity contribution in [2.75, 3.05) is 0 Å². The van der Waals surface area contributed by atoms with Crippen molar-refractivity contribution in [3.8, 4) is 0 Å². The van der Waals surface area contributed by atoms with Crippen molar-refractivity contribution in [2.24, 2.45) is 0 Å². The van der Waals surface area contributed by atoms with E-state index in [-0.39, 0.29) is 6.54 Å². The highest BCUT2D eigenvalue weighted by Crippen LogP contribution is 2.50. The molecule has 25 heavy (non-hydrogen) atoms. The normalized spacial score (nSPS) is 26.7. The zero-order valence-corrected chi connectivity index (χ0v) is 14.2. The number of fused-ring (bicyclic) bond motifs is 1. The van der Waals surface area contributed by atoms with Gasteiger partial charge in [0.2, 0.25) is 11.8 Å². The van der Waals surface area contributed by atoms with Gasteiger partial charge in [-0.25, -0.2) is 9.59 Å². The van der Waals surface area contributed by atoms with Gasteiger partial charge in [-0.15, -0.1) is 11.8 Å². The predicted molar refractivity (Wildman–Crippen MR) is 87.0 cm³/mol. The molecule has 3 heterocycles. The molecule has 11 heteroatoms. The molecule has 1 aromatic heterocycles. The van der Waals surface area contributed by atoms with Crippen LogP contribution in [0.3, 0.4) is 0 Å². The second-order valence-corrected chi connectivity index (χ2v) is 8.15. The van der Waals surface area contributed by atoms with E-state index in [0.29, 0.717) is 0 Å². The summed E-state index contributed by atoms with van der Waals surface area (Å²) in [4.78, 5) is 61.7. The number of amides is 2. The van der Waals surface area contributed by atoms with Crippen molar-refractivity contribution in [2.45, 2.75) is 42.6 Å². The van der Waals surface area contributed by atoms with Gasteiger partial charge in [-0.3, -0.25) is 23.9 Å². The number of H-pyrrole nitrogens is 1. The maximum absolute atomic E-state index is 12.3. The van der Waals surface area contributed by atoms with Crippen molar-refractivity contribution in [1.29, 1.82) is 0 Å². The summed E-state index contributed by atoms with van der Waals surface area (Å²) in [5.74, 6) is -2.13. The first-order valence-electron chi connectivity index (χ1n) is 7.44. The van der Waals surface area contributed by atoms with Crippen LogP contribution < -0.4 is 16.6 Å². The van der Waals surface area contributed by atoms with E-state index >= 15 is 0 Å². The van der Waals surface area contributed by atoms with Crippen LogP contribution in [0.4, 0.5) is 0 Å². The summed E-state index contributed by atoms with van der Waals surface area (Å²) >= 11 is 1.31. The Morgan fingerprint density at radius 2 is 2.04 bits per heavy atom.